The third-order valence-corrected chi connectivity index (χ3v) is 7.16. The van der Waals surface area contributed by atoms with Crippen LogP contribution in [0.25, 0.3) is 0 Å². The monoisotopic (exact) mass is 483 g/mol. The van der Waals surface area contributed by atoms with Crippen LogP contribution in [0.3, 0.4) is 0 Å². The summed E-state index contributed by atoms with van der Waals surface area (Å²) in [4.78, 5) is 2.54. The summed E-state index contributed by atoms with van der Waals surface area (Å²) < 4.78 is 0. The van der Waals surface area contributed by atoms with Gasteiger partial charge in [-0.3, -0.25) is 0 Å². The van der Waals surface area contributed by atoms with E-state index in [4.69, 9.17) is 5.73 Å². The van der Waals surface area contributed by atoms with E-state index in [9.17, 15) is 0 Å². The molecule has 0 radical (unpaired) electrons. The fourth-order valence-electron chi connectivity index (χ4n) is 4.66. The molecule has 0 aliphatic rings. The van der Waals surface area contributed by atoms with Gasteiger partial charge in [0.2, 0.25) is 0 Å². The minimum absolute atomic E-state index is 0.828. The third-order valence-electron chi connectivity index (χ3n) is 7.16. The lowest BCUT2D eigenvalue weighted by molar-refractivity contribution is 0.278. The number of hydrogen-bond donors (Lipinski definition) is 1. The summed E-state index contributed by atoms with van der Waals surface area (Å²) in [6, 6.07) is 0. The van der Waals surface area contributed by atoms with Gasteiger partial charge in [0, 0.05) is 0 Å². The van der Waals surface area contributed by atoms with Crippen LogP contribution in [0, 0.1) is 0 Å². The molecule has 0 aliphatic carbocycles. The molecular weight excluding hydrogens is 412 g/mol. The number of hydrogen-bond acceptors (Lipinski definition) is 2. The van der Waals surface area contributed by atoms with Crippen LogP contribution in [0.5, 0.6) is 0 Å². The van der Waals surface area contributed by atoms with Crippen molar-refractivity contribution in [1.82, 2.24) is 4.90 Å². The summed E-state index contributed by atoms with van der Waals surface area (Å²) in [7, 11) is 0. The molecular formula is C32H70N2. The van der Waals surface area contributed by atoms with Crippen molar-refractivity contribution >= 4 is 0 Å². The molecule has 0 unspecified atom stereocenters. The third kappa shape index (κ3) is 34.1. The van der Waals surface area contributed by atoms with Gasteiger partial charge in [0.15, 0.2) is 0 Å². The van der Waals surface area contributed by atoms with Crippen molar-refractivity contribution in [2.75, 3.05) is 26.2 Å². The van der Waals surface area contributed by atoms with Crippen molar-refractivity contribution in [3.05, 3.63) is 0 Å². The van der Waals surface area contributed by atoms with Gasteiger partial charge in [0.1, 0.15) is 0 Å². The Morgan fingerprint density at radius 3 is 0.882 bits per heavy atom. The zero-order valence-corrected chi connectivity index (χ0v) is 24.8. The van der Waals surface area contributed by atoms with Crippen LogP contribution in [-0.4, -0.2) is 31.1 Å². The Bertz CT molecular complexity index is 308. The molecule has 2 heteroatoms. The predicted octanol–water partition coefficient (Wildman–Crippen LogP) is 10.7. The average molecular weight is 483 g/mol. The normalized spacial score (nSPS) is 11.1. The van der Waals surface area contributed by atoms with Crippen molar-refractivity contribution in [2.24, 2.45) is 5.73 Å². The molecule has 0 aromatic carbocycles. The van der Waals surface area contributed by atoms with Crippen molar-refractivity contribution < 1.29 is 0 Å². The van der Waals surface area contributed by atoms with Crippen molar-refractivity contribution in [3.63, 3.8) is 0 Å². The second kappa shape index (κ2) is 35.1. The van der Waals surface area contributed by atoms with Gasteiger partial charge in [0.25, 0.3) is 0 Å². The van der Waals surface area contributed by atoms with Gasteiger partial charge < -0.3 is 10.6 Å². The summed E-state index contributed by atoms with van der Waals surface area (Å²) in [5, 5.41) is 0. The van der Waals surface area contributed by atoms with Crippen LogP contribution in [-0.2, 0) is 0 Å². The second-order valence-corrected chi connectivity index (χ2v) is 10.6. The number of nitrogens with zero attached hydrogens (tertiary/aromatic N) is 1. The van der Waals surface area contributed by atoms with Gasteiger partial charge in [-0.2, -0.15) is 0 Å². The second-order valence-electron chi connectivity index (χ2n) is 10.6. The molecule has 2 N–H and O–H groups in total. The smallest absolute Gasteiger partial charge is 0.000683 e. The van der Waals surface area contributed by atoms with Crippen LogP contribution in [0.4, 0.5) is 0 Å². The van der Waals surface area contributed by atoms with Crippen LogP contribution in [0.2, 0.25) is 0 Å². The van der Waals surface area contributed by atoms with Crippen molar-refractivity contribution in [1.29, 1.82) is 0 Å². The van der Waals surface area contributed by atoms with Crippen LogP contribution in [0.15, 0.2) is 0 Å². The summed E-state index contributed by atoms with van der Waals surface area (Å²) >= 11 is 0. The molecule has 0 bridgehead atoms. The first-order valence-electron chi connectivity index (χ1n) is 16.2. The highest BCUT2D eigenvalue weighted by Gasteiger charge is 2.01. The minimum atomic E-state index is 0.828. The Hall–Kier alpha value is -0.0800. The fraction of sp³-hybridized carbons (Fsp3) is 1.00. The molecule has 0 amide bonds. The first kappa shape index (κ1) is 36.1. The van der Waals surface area contributed by atoms with Gasteiger partial charge in [-0.25, -0.2) is 0 Å². The number of unbranched alkanes of at least 4 members (excludes halogenated alkanes) is 21. The maximum atomic E-state index is 5.57. The molecule has 0 saturated heterocycles. The molecule has 0 atom stereocenters. The summed E-state index contributed by atoms with van der Waals surface area (Å²) in [6.45, 7) is 13.6. The first-order chi connectivity index (χ1) is 16.8. The lowest BCUT2D eigenvalue weighted by Gasteiger charge is -2.19. The zero-order chi connectivity index (χ0) is 25.4. The van der Waals surface area contributed by atoms with E-state index >= 15 is 0 Å². The van der Waals surface area contributed by atoms with Crippen LogP contribution < -0.4 is 5.73 Å². The van der Waals surface area contributed by atoms with E-state index in [1.54, 1.807) is 0 Å². The maximum Gasteiger partial charge on any atom is -0.000683 e. The molecule has 0 aromatic heterocycles. The first-order valence-corrected chi connectivity index (χ1v) is 16.2. The zero-order valence-electron chi connectivity index (χ0n) is 24.8. The van der Waals surface area contributed by atoms with E-state index in [2.05, 4.69) is 32.6 Å². The van der Waals surface area contributed by atoms with Gasteiger partial charge in [-0.05, 0) is 39.0 Å². The molecule has 208 valence electrons. The van der Waals surface area contributed by atoms with Gasteiger partial charge in [0.05, 0.1) is 0 Å². The summed E-state index contributed by atoms with van der Waals surface area (Å²) in [5.74, 6) is 0. The molecule has 0 spiro atoms. The van der Waals surface area contributed by atoms with Crippen molar-refractivity contribution in [3.8, 4) is 0 Å². The highest BCUT2D eigenvalue weighted by molar-refractivity contribution is 4.57. The number of nitrogens with two attached hydrogens (primary N) is 1. The van der Waals surface area contributed by atoms with E-state index in [0.717, 1.165) is 13.0 Å². The highest BCUT2D eigenvalue weighted by atomic mass is 15.1. The molecule has 0 aliphatic heterocycles. The number of rotatable bonds is 27. The Kier molecular flexibility index (Phi) is 37.2. The lowest BCUT2D eigenvalue weighted by Crippen LogP contribution is -2.27. The molecule has 0 fully saturated rings. The van der Waals surface area contributed by atoms with E-state index in [1.807, 2.05) is 0 Å². The molecule has 0 heterocycles. The molecule has 0 rings (SSSR count). The summed E-state index contributed by atoms with van der Waals surface area (Å²) in [6.07, 6.45) is 34.3. The largest absolute Gasteiger partial charge is 0.330 e. The van der Waals surface area contributed by atoms with Gasteiger partial charge in [-0.15, -0.1) is 0 Å². The average Bonchev–Trinajstić information content (AvgIpc) is 2.86. The predicted molar refractivity (Wildman–Crippen MR) is 159 cm³/mol. The Balaban J connectivity index is 0. The lowest BCUT2D eigenvalue weighted by atomic mass is 10.1. The molecule has 2 nitrogen and oxygen atoms in total. The van der Waals surface area contributed by atoms with Crippen molar-refractivity contribution in [2.45, 2.75) is 182 Å². The maximum absolute atomic E-state index is 5.57. The van der Waals surface area contributed by atoms with E-state index in [1.165, 1.54) is 167 Å². The van der Waals surface area contributed by atoms with Gasteiger partial charge in [-0.1, -0.05) is 169 Å². The molecule has 0 aromatic rings. The topological polar surface area (TPSA) is 29.3 Å². The van der Waals surface area contributed by atoms with E-state index < -0.39 is 0 Å². The summed E-state index contributed by atoms with van der Waals surface area (Å²) in [5.41, 5.74) is 5.57. The molecule has 34 heavy (non-hydrogen) atoms. The quantitative estimate of drug-likeness (QED) is 0.118. The minimum Gasteiger partial charge on any atom is -0.330 e. The SMILES string of the molecule is CCCCCCCCCCCCC.CCCCCCCCCCCCCCN(CC)CCCN. The van der Waals surface area contributed by atoms with Crippen LogP contribution >= 0.6 is 0 Å². The fourth-order valence-corrected chi connectivity index (χ4v) is 4.66. The van der Waals surface area contributed by atoms with E-state index in [-0.39, 0.29) is 0 Å². The Morgan fingerprint density at radius 2 is 0.618 bits per heavy atom. The van der Waals surface area contributed by atoms with Gasteiger partial charge >= 0.3 is 0 Å². The Labute approximate surface area is 218 Å². The standard InChI is InChI=1S/C19H42N2.C13H28/c1-3-5-6-7-8-9-10-11-12-13-14-15-18-21(4-2)19-16-17-20;1-3-5-7-9-11-13-12-10-8-6-4-2/h3-20H2,1-2H3;3-13H2,1-2H3. The van der Waals surface area contributed by atoms with Crippen LogP contribution in [0.1, 0.15) is 182 Å². The molecule has 0 saturated carbocycles. The van der Waals surface area contributed by atoms with E-state index in [0.29, 0.717) is 0 Å². The Morgan fingerprint density at radius 1 is 0.353 bits per heavy atom. The highest BCUT2D eigenvalue weighted by Crippen LogP contribution is 2.12.